The molecule has 3 heterocycles. The van der Waals surface area contributed by atoms with Crippen molar-refractivity contribution in [1.82, 2.24) is 0 Å². The van der Waals surface area contributed by atoms with Crippen LogP contribution in [-0.2, 0) is 12.8 Å². The zero-order valence-electron chi connectivity index (χ0n) is 12.6. The molecule has 2 aliphatic rings. The lowest BCUT2D eigenvalue weighted by molar-refractivity contribution is 0.510. The van der Waals surface area contributed by atoms with Crippen LogP contribution in [-0.4, -0.2) is 13.1 Å². The first-order chi connectivity index (χ1) is 10.8. The van der Waals surface area contributed by atoms with E-state index in [0.717, 1.165) is 24.0 Å². The SMILES string of the molecule is C=Cc1c(-c2cc3c4c(c2)CCCN4CCC3)ccoc1=O. The van der Waals surface area contributed by atoms with Gasteiger partial charge in [-0.3, -0.25) is 0 Å². The molecule has 2 aromatic rings. The fraction of sp³-hybridized carbons (Fsp3) is 0.316. The average molecular weight is 293 g/mol. The number of aryl methyl sites for hydroxylation is 2. The van der Waals surface area contributed by atoms with Gasteiger partial charge in [0, 0.05) is 18.8 Å². The van der Waals surface area contributed by atoms with Gasteiger partial charge >= 0.3 is 5.63 Å². The lowest BCUT2D eigenvalue weighted by atomic mass is 9.88. The molecule has 0 saturated heterocycles. The highest BCUT2D eigenvalue weighted by Gasteiger charge is 2.24. The second kappa shape index (κ2) is 5.16. The maximum atomic E-state index is 11.9. The maximum absolute atomic E-state index is 11.9. The molecule has 0 spiro atoms. The molecule has 0 N–H and O–H groups in total. The van der Waals surface area contributed by atoms with Gasteiger partial charge in [-0.15, -0.1) is 0 Å². The van der Waals surface area contributed by atoms with E-state index in [1.54, 1.807) is 6.08 Å². The third kappa shape index (κ3) is 2.00. The van der Waals surface area contributed by atoms with Crippen molar-refractivity contribution in [3.8, 4) is 11.1 Å². The number of nitrogens with zero attached hydrogens (tertiary/aromatic N) is 1. The number of rotatable bonds is 2. The molecule has 0 amide bonds. The van der Waals surface area contributed by atoms with Crippen molar-refractivity contribution in [2.75, 3.05) is 18.0 Å². The summed E-state index contributed by atoms with van der Waals surface area (Å²) in [5.41, 5.74) is 6.56. The van der Waals surface area contributed by atoms with Crippen molar-refractivity contribution in [2.45, 2.75) is 25.7 Å². The predicted molar refractivity (Wildman–Crippen MR) is 89.4 cm³/mol. The van der Waals surface area contributed by atoms with Gasteiger partial charge in [-0.1, -0.05) is 12.7 Å². The van der Waals surface area contributed by atoms with Gasteiger partial charge in [0.2, 0.25) is 0 Å². The smallest absolute Gasteiger partial charge is 0.343 e. The second-order valence-electron chi connectivity index (χ2n) is 6.08. The quantitative estimate of drug-likeness (QED) is 0.847. The van der Waals surface area contributed by atoms with Gasteiger partial charge in [-0.25, -0.2) is 4.79 Å². The lowest BCUT2D eigenvalue weighted by Gasteiger charge is -2.37. The molecule has 0 radical (unpaired) electrons. The number of hydrogen-bond acceptors (Lipinski definition) is 3. The third-order valence-electron chi connectivity index (χ3n) is 4.77. The fourth-order valence-electron chi connectivity index (χ4n) is 3.83. The van der Waals surface area contributed by atoms with Crippen LogP contribution in [0.2, 0.25) is 0 Å². The highest BCUT2D eigenvalue weighted by molar-refractivity contribution is 5.78. The van der Waals surface area contributed by atoms with Crippen LogP contribution in [0.25, 0.3) is 17.2 Å². The van der Waals surface area contributed by atoms with Gasteiger partial charge in [0.1, 0.15) is 0 Å². The van der Waals surface area contributed by atoms with Gasteiger partial charge < -0.3 is 9.32 Å². The summed E-state index contributed by atoms with van der Waals surface area (Å²) in [7, 11) is 0. The van der Waals surface area contributed by atoms with E-state index >= 15 is 0 Å². The molecule has 0 unspecified atom stereocenters. The Labute approximate surface area is 129 Å². The molecule has 2 aliphatic heterocycles. The molecule has 1 aromatic heterocycles. The molecule has 112 valence electrons. The lowest BCUT2D eigenvalue weighted by Crippen LogP contribution is -2.34. The van der Waals surface area contributed by atoms with E-state index in [1.807, 2.05) is 6.07 Å². The van der Waals surface area contributed by atoms with Crippen LogP contribution < -0.4 is 10.5 Å². The molecule has 3 heteroatoms. The van der Waals surface area contributed by atoms with Crippen LogP contribution in [0.5, 0.6) is 0 Å². The van der Waals surface area contributed by atoms with E-state index in [-0.39, 0.29) is 5.63 Å². The normalized spacial score (nSPS) is 16.3. The fourth-order valence-corrected chi connectivity index (χ4v) is 3.83. The minimum absolute atomic E-state index is 0.319. The Morgan fingerprint density at radius 2 is 1.82 bits per heavy atom. The van der Waals surface area contributed by atoms with Crippen molar-refractivity contribution >= 4 is 11.8 Å². The van der Waals surface area contributed by atoms with E-state index in [4.69, 9.17) is 4.42 Å². The molecule has 4 rings (SSSR count). The Morgan fingerprint density at radius 3 is 2.45 bits per heavy atom. The van der Waals surface area contributed by atoms with Crippen LogP contribution in [0.15, 0.2) is 40.3 Å². The van der Waals surface area contributed by atoms with Gasteiger partial charge in [0.15, 0.2) is 0 Å². The third-order valence-corrected chi connectivity index (χ3v) is 4.77. The predicted octanol–water partition coefficient (Wildman–Crippen LogP) is 3.65. The summed E-state index contributed by atoms with van der Waals surface area (Å²) in [6.07, 6.45) is 7.73. The molecule has 0 bridgehead atoms. The monoisotopic (exact) mass is 293 g/mol. The Balaban J connectivity index is 1.93. The minimum Gasteiger partial charge on any atom is -0.431 e. The van der Waals surface area contributed by atoms with Gasteiger partial charge in [-0.2, -0.15) is 0 Å². The summed E-state index contributed by atoms with van der Waals surface area (Å²) < 4.78 is 4.97. The summed E-state index contributed by atoms with van der Waals surface area (Å²) in [6.45, 7) is 6.11. The van der Waals surface area contributed by atoms with Crippen molar-refractivity contribution < 1.29 is 4.42 Å². The molecule has 22 heavy (non-hydrogen) atoms. The highest BCUT2D eigenvalue weighted by Crippen LogP contribution is 2.38. The molecule has 3 nitrogen and oxygen atoms in total. The second-order valence-corrected chi connectivity index (χ2v) is 6.08. The summed E-state index contributed by atoms with van der Waals surface area (Å²) in [4.78, 5) is 14.4. The summed E-state index contributed by atoms with van der Waals surface area (Å²) in [5.74, 6) is 0. The van der Waals surface area contributed by atoms with Crippen LogP contribution in [0.1, 0.15) is 29.5 Å². The largest absolute Gasteiger partial charge is 0.431 e. The molecule has 0 atom stereocenters. The molecule has 0 saturated carbocycles. The van der Waals surface area contributed by atoms with Crippen molar-refractivity contribution in [1.29, 1.82) is 0 Å². The van der Waals surface area contributed by atoms with Gasteiger partial charge in [0.25, 0.3) is 0 Å². The summed E-state index contributed by atoms with van der Waals surface area (Å²) in [6, 6.07) is 6.37. The Morgan fingerprint density at radius 1 is 1.14 bits per heavy atom. The van der Waals surface area contributed by atoms with Crippen molar-refractivity contribution in [3.05, 3.63) is 58.2 Å². The van der Waals surface area contributed by atoms with E-state index in [9.17, 15) is 4.79 Å². The van der Waals surface area contributed by atoms with Gasteiger partial charge in [0.05, 0.1) is 11.8 Å². The number of benzene rings is 1. The van der Waals surface area contributed by atoms with E-state index in [0.29, 0.717) is 5.56 Å². The Bertz CT molecular complexity index is 772. The number of hydrogen-bond donors (Lipinski definition) is 0. The molecule has 0 aliphatic carbocycles. The Kier molecular flexibility index (Phi) is 3.14. The minimum atomic E-state index is -0.319. The summed E-state index contributed by atoms with van der Waals surface area (Å²) in [5, 5.41) is 0. The zero-order valence-corrected chi connectivity index (χ0v) is 12.6. The van der Waals surface area contributed by atoms with E-state index < -0.39 is 0 Å². The average Bonchev–Trinajstić information content (AvgIpc) is 2.55. The van der Waals surface area contributed by atoms with Crippen LogP contribution in [0.3, 0.4) is 0 Å². The van der Waals surface area contributed by atoms with Crippen LogP contribution in [0.4, 0.5) is 5.69 Å². The van der Waals surface area contributed by atoms with Crippen LogP contribution >= 0.6 is 0 Å². The molecule has 1 aromatic carbocycles. The first-order valence-corrected chi connectivity index (χ1v) is 7.93. The zero-order chi connectivity index (χ0) is 15.1. The summed E-state index contributed by atoms with van der Waals surface area (Å²) >= 11 is 0. The van der Waals surface area contributed by atoms with E-state index in [1.165, 1.54) is 49.0 Å². The van der Waals surface area contributed by atoms with Crippen molar-refractivity contribution in [2.24, 2.45) is 0 Å². The number of anilines is 1. The molecular formula is C19H19NO2. The Hall–Kier alpha value is -2.29. The highest BCUT2D eigenvalue weighted by atomic mass is 16.4. The molecule has 0 fully saturated rings. The van der Waals surface area contributed by atoms with Crippen LogP contribution in [0, 0.1) is 0 Å². The topological polar surface area (TPSA) is 33.5 Å². The van der Waals surface area contributed by atoms with E-state index in [2.05, 4.69) is 23.6 Å². The van der Waals surface area contributed by atoms with Gasteiger partial charge in [-0.05, 0) is 66.1 Å². The maximum Gasteiger partial charge on any atom is 0.343 e. The van der Waals surface area contributed by atoms with Crippen molar-refractivity contribution in [3.63, 3.8) is 0 Å². The molecular weight excluding hydrogens is 274 g/mol. The first kappa shape index (κ1) is 13.4. The first-order valence-electron chi connectivity index (χ1n) is 7.93. The standard InChI is InChI=1S/C19H19NO2/c1-2-16-17(7-10-22-19(16)21)15-11-13-5-3-8-20-9-4-6-14(12-15)18(13)20/h2,7,10-12H,1,3-6,8-9H2.